The first-order chi connectivity index (χ1) is 10.8. The monoisotopic (exact) mass is 289 g/mol. The van der Waals surface area contributed by atoms with Crippen molar-refractivity contribution in [2.45, 2.75) is 12.6 Å². The Morgan fingerprint density at radius 1 is 1.05 bits per heavy atom. The summed E-state index contributed by atoms with van der Waals surface area (Å²) in [4.78, 5) is 18.2. The number of H-pyrrole nitrogens is 1. The smallest absolute Gasteiger partial charge is 0.257 e. The van der Waals surface area contributed by atoms with Gasteiger partial charge in [-0.05, 0) is 30.2 Å². The predicted molar refractivity (Wildman–Crippen MR) is 85.8 cm³/mol. The predicted octanol–water partition coefficient (Wildman–Crippen LogP) is 3.29. The number of hydrogen-bond acceptors (Lipinski definition) is 2. The molecule has 108 valence electrons. The van der Waals surface area contributed by atoms with Crippen LogP contribution in [0.3, 0.4) is 0 Å². The highest BCUT2D eigenvalue weighted by Gasteiger charge is 2.37. The summed E-state index contributed by atoms with van der Waals surface area (Å²) in [6.07, 6.45) is 0.796. The molecular formula is C18H15N3O. The van der Waals surface area contributed by atoms with Crippen molar-refractivity contribution in [3.8, 4) is 0 Å². The summed E-state index contributed by atoms with van der Waals surface area (Å²) in [6, 6.07) is 16.1. The molecule has 1 atom stereocenters. The fourth-order valence-corrected chi connectivity index (χ4v) is 3.71. The maximum Gasteiger partial charge on any atom is 0.257 e. The van der Waals surface area contributed by atoms with Crippen LogP contribution >= 0.6 is 0 Å². The molecule has 1 amide bonds. The van der Waals surface area contributed by atoms with Gasteiger partial charge < -0.3 is 15.2 Å². The van der Waals surface area contributed by atoms with Crippen molar-refractivity contribution in [1.82, 2.24) is 9.88 Å². The number of nitrogens with one attached hydrogen (secondary N) is 2. The second kappa shape index (κ2) is 4.13. The Kier molecular flexibility index (Phi) is 2.23. The summed E-state index contributed by atoms with van der Waals surface area (Å²) in [5.41, 5.74) is 5.27. The molecule has 4 nitrogen and oxygen atoms in total. The van der Waals surface area contributed by atoms with Crippen LogP contribution in [-0.4, -0.2) is 22.3 Å². The van der Waals surface area contributed by atoms with Crippen LogP contribution in [0.2, 0.25) is 0 Å². The summed E-state index contributed by atoms with van der Waals surface area (Å²) in [7, 11) is 0. The molecule has 0 saturated heterocycles. The van der Waals surface area contributed by atoms with E-state index in [1.807, 2.05) is 35.2 Å². The normalized spacial score (nSPS) is 19.4. The number of hydrogen-bond donors (Lipinski definition) is 2. The van der Waals surface area contributed by atoms with Gasteiger partial charge >= 0.3 is 0 Å². The Morgan fingerprint density at radius 3 is 2.82 bits per heavy atom. The third kappa shape index (κ3) is 1.44. The Morgan fingerprint density at radius 2 is 1.86 bits per heavy atom. The third-order valence-electron chi connectivity index (χ3n) is 4.75. The fraction of sp³-hybridized carbons (Fsp3) is 0.167. The lowest BCUT2D eigenvalue weighted by molar-refractivity contribution is 0.0667. The summed E-state index contributed by atoms with van der Waals surface area (Å²) in [5, 5.41) is 4.79. The highest BCUT2D eigenvalue weighted by atomic mass is 16.2. The van der Waals surface area contributed by atoms with Crippen LogP contribution in [0.25, 0.3) is 10.9 Å². The number of nitrogens with zero attached hydrogens (tertiary/aromatic N) is 1. The molecule has 1 unspecified atom stereocenters. The van der Waals surface area contributed by atoms with Crippen LogP contribution in [-0.2, 0) is 6.42 Å². The van der Waals surface area contributed by atoms with E-state index in [9.17, 15) is 4.79 Å². The largest absolute Gasteiger partial charge is 0.360 e. The number of anilines is 1. The Balaban J connectivity index is 1.71. The van der Waals surface area contributed by atoms with Crippen molar-refractivity contribution < 1.29 is 4.79 Å². The van der Waals surface area contributed by atoms with Crippen LogP contribution in [0, 0.1) is 0 Å². The van der Waals surface area contributed by atoms with E-state index in [0.717, 1.165) is 35.4 Å². The first-order valence-corrected chi connectivity index (χ1v) is 7.59. The Labute approximate surface area is 127 Å². The molecule has 0 aliphatic carbocycles. The maximum absolute atomic E-state index is 12.7. The van der Waals surface area contributed by atoms with Gasteiger partial charge in [0.25, 0.3) is 5.91 Å². The van der Waals surface area contributed by atoms with Crippen molar-refractivity contribution in [2.75, 3.05) is 11.9 Å². The van der Waals surface area contributed by atoms with E-state index < -0.39 is 0 Å². The van der Waals surface area contributed by atoms with E-state index in [0.29, 0.717) is 0 Å². The standard InChI is InChI=1S/C18H15N3O/c22-18-13-6-2-4-8-15(13)20-17-16-12(9-10-21(17)18)11-5-1-3-7-14(11)19-16/h1-8,17,19-20H,9-10H2. The summed E-state index contributed by atoms with van der Waals surface area (Å²) in [6.45, 7) is 0.750. The topological polar surface area (TPSA) is 48.1 Å². The fourth-order valence-electron chi connectivity index (χ4n) is 3.71. The molecule has 5 rings (SSSR count). The molecular weight excluding hydrogens is 274 g/mol. The van der Waals surface area contributed by atoms with Gasteiger partial charge in [-0.3, -0.25) is 4.79 Å². The lowest BCUT2D eigenvalue weighted by atomic mass is 9.97. The van der Waals surface area contributed by atoms with Gasteiger partial charge in [-0.15, -0.1) is 0 Å². The van der Waals surface area contributed by atoms with Crippen molar-refractivity contribution in [1.29, 1.82) is 0 Å². The second-order valence-corrected chi connectivity index (χ2v) is 5.90. The Bertz CT molecular complexity index is 912. The minimum Gasteiger partial charge on any atom is -0.360 e. The minimum absolute atomic E-state index is 0.0986. The molecule has 2 aromatic carbocycles. The zero-order chi connectivity index (χ0) is 14.7. The zero-order valence-corrected chi connectivity index (χ0v) is 12.0. The van der Waals surface area contributed by atoms with Crippen LogP contribution in [0.1, 0.15) is 27.8 Å². The van der Waals surface area contributed by atoms with E-state index in [2.05, 4.69) is 28.5 Å². The molecule has 0 radical (unpaired) electrons. The summed E-state index contributed by atoms with van der Waals surface area (Å²) in [5.74, 6) is 0.114. The van der Waals surface area contributed by atoms with Crippen molar-refractivity contribution in [3.05, 3.63) is 65.4 Å². The molecule has 0 bridgehead atoms. The lowest BCUT2D eigenvalue weighted by Crippen LogP contribution is -2.46. The van der Waals surface area contributed by atoms with Crippen LogP contribution in [0.15, 0.2) is 48.5 Å². The van der Waals surface area contributed by atoms with Crippen molar-refractivity contribution >= 4 is 22.5 Å². The zero-order valence-electron chi connectivity index (χ0n) is 12.0. The number of aromatic nitrogens is 1. The molecule has 2 aliphatic heterocycles. The molecule has 2 aliphatic rings. The Hall–Kier alpha value is -2.75. The average molecular weight is 289 g/mol. The number of rotatable bonds is 0. The molecule has 4 heteroatoms. The number of amides is 1. The van der Waals surface area contributed by atoms with E-state index in [4.69, 9.17) is 0 Å². The number of para-hydroxylation sites is 2. The van der Waals surface area contributed by atoms with Gasteiger partial charge in [0.2, 0.25) is 0 Å². The van der Waals surface area contributed by atoms with E-state index in [1.165, 1.54) is 10.9 Å². The van der Waals surface area contributed by atoms with Gasteiger partial charge in [0.05, 0.1) is 11.3 Å². The average Bonchev–Trinajstić information content (AvgIpc) is 2.94. The second-order valence-electron chi connectivity index (χ2n) is 5.90. The number of benzene rings is 2. The summed E-state index contributed by atoms with van der Waals surface area (Å²) >= 11 is 0. The van der Waals surface area contributed by atoms with Gasteiger partial charge in [0.1, 0.15) is 6.17 Å². The molecule has 3 aromatic rings. The SMILES string of the molecule is O=C1c2ccccc2NC2c3[nH]c4ccccc4c3CCN12. The van der Waals surface area contributed by atoms with Crippen LogP contribution in [0.5, 0.6) is 0 Å². The first kappa shape index (κ1) is 11.9. The highest BCUT2D eigenvalue weighted by Crippen LogP contribution is 2.39. The van der Waals surface area contributed by atoms with Gasteiger partial charge in [0.15, 0.2) is 0 Å². The van der Waals surface area contributed by atoms with E-state index in [-0.39, 0.29) is 12.1 Å². The van der Waals surface area contributed by atoms with Gasteiger partial charge in [-0.2, -0.15) is 0 Å². The van der Waals surface area contributed by atoms with Gasteiger partial charge in [-0.25, -0.2) is 0 Å². The van der Waals surface area contributed by atoms with Crippen molar-refractivity contribution in [2.24, 2.45) is 0 Å². The number of fused-ring (bicyclic) bond motifs is 6. The van der Waals surface area contributed by atoms with E-state index >= 15 is 0 Å². The quantitative estimate of drug-likeness (QED) is 0.667. The highest BCUT2D eigenvalue weighted by molar-refractivity contribution is 6.02. The first-order valence-electron chi connectivity index (χ1n) is 7.59. The molecule has 3 heterocycles. The molecule has 0 spiro atoms. The number of aromatic amines is 1. The van der Waals surface area contributed by atoms with Crippen LogP contribution in [0.4, 0.5) is 5.69 Å². The lowest BCUT2D eigenvalue weighted by Gasteiger charge is -2.40. The molecule has 0 fully saturated rings. The van der Waals surface area contributed by atoms with Gasteiger partial charge in [-0.1, -0.05) is 30.3 Å². The maximum atomic E-state index is 12.7. The molecule has 22 heavy (non-hydrogen) atoms. The van der Waals surface area contributed by atoms with Crippen LogP contribution < -0.4 is 5.32 Å². The number of carbonyl (C=O) groups is 1. The van der Waals surface area contributed by atoms with Gasteiger partial charge in [0, 0.05) is 23.1 Å². The molecule has 2 N–H and O–H groups in total. The molecule has 1 aromatic heterocycles. The molecule has 0 saturated carbocycles. The number of carbonyl (C=O) groups excluding carboxylic acids is 1. The van der Waals surface area contributed by atoms with Crippen molar-refractivity contribution in [3.63, 3.8) is 0 Å². The summed E-state index contributed by atoms with van der Waals surface area (Å²) < 4.78 is 0. The minimum atomic E-state index is -0.0986. The van der Waals surface area contributed by atoms with E-state index in [1.54, 1.807) is 0 Å². The third-order valence-corrected chi connectivity index (χ3v) is 4.75.